The molecule has 3 nitrogen and oxygen atoms in total. The predicted molar refractivity (Wildman–Crippen MR) is 71.8 cm³/mol. The van der Waals surface area contributed by atoms with Crippen LogP contribution in [-0.4, -0.2) is 35.6 Å². The van der Waals surface area contributed by atoms with Crippen molar-refractivity contribution >= 4 is 0 Å². The number of hydrogen-bond donors (Lipinski definition) is 1. The van der Waals surface area contributed by atoms with E-state index in [4.69, 9.17) is 0 Å². The van der Waals surface area contributed by atoms with Gasteiger partial charge in [-0.3, -0.25) is 10.2 Å². The van der Waals surface area contributed by atoms with Gasteiger partial charge in [0, 0.05) is 18.6 Å². The van der Waals surface area contributed by atoms with Crippen molar-refractivity contribution in [1.82, 2.24) is 10.2 Å². The SMILES string of the molecule is CCNC(C)(C#N)CCN1C(C)CCCC1C. The Hall–Kier alpha value is -0.590. The maximum Gasteiger partial charge on any atom is 0.105 e. The Balaban J connectivity index is 2.50. The summed E-state index contributed by atoms with van der Waals surface area (Å²) in [5, 5.41) is 12.5. The fourth-order valence-corrected chi connectivity index (χ4v) is 2.84. The molecule has 3 atom stereocenters. The Bertz CT molecular complexity index is 261. The minimum Gasteiger partial charge on any atom is -0.300 e. The molecular formula is C14H27N3. The van der Waals surface area contributed by atoms with Crippen molar-refractivity contribution in [2.45, 2.75) is 71.0 Å². The topological polar surface area (TPSA) is 39.1 Å². The van der Waals surface area contributed by atoms with Crippen LogP contribution in [0.4, 0.5) is 0 Å². The Morgan fingerprint density at radius 3 is 2.41 bits per heavy atom. The van der Waals surface area contributed by atoms with Gasteiger partial charge < -0.3 is 0 Å². The third kappa shape index (κ3) is 3.97. The number of hydrogen-bond acceptors (Lipinski definition) is 3. The van der Waals surface area contributed by atoms with Crippen LogP contribution in [-0.2, 0) is 0 Å². The minimum atomic E-state index is -0.369. The van der Waals surface area contributed by atoms with Gasteiger partial charge in [0.1, 0.15) is 5.54 Å². The van der Waals surface area contributed by atoms with Crippen molar-refractivity contribution in [3.63, 3.8) is 0 Å². The van der Waals surface area contributed by atoms with E-state index in [0.29, 0.717) is 12.1 Å². The van der Waals surface area contributed by atoms with E-state index < -0.39 is 0 Å². The van der Waals surface area contributed by atoms with Crippen LogP contribution in [0.2, 0.25) is 0 Å². The molecule has 1 aliphatic rings. The summed E-state index contributed by atoms with van der Waals surface area (Å²) in [6.07, 6.45) is 4.86. The lowest BCUT2D eigenvalue weighted by atomic mass is 9.94. The van der Waals surface area contributed by atoms with E-state index in [0.717, 1.165) is 19.5 Å². The first-order valence-corrected chi connectivity index (χ1v) is 6.94. The molecule has 0 bridgehead atoms. The van der Waals surface area contributed by atoms with E-state index in [1.165, 1.54) is 19.3 Å². The van der Waals surface area contributed by atoms with E-state index in [1.807, 2.05) is 6.92 Å². The highest BCUT2D eigenvalue weighted by molar-refractivity contribution is 5.04. The Morgan fingerprint density at radius 2 is 1.94 bits per heavy atom. The van der Waals surface area contributed by atoms with E-state index in [-0.39, 0.29) is 5.54 Å². The lowest BCUT2D eigenvalue weighted by Gasteiger charge is -2.40. The van der Waals surface area contributed by atoms with E-state index in [9.17, 15) is 5.26 Å². The van der Waals surface area contributed by atoms with Gasteiger partial charge in [-0.1, -0.05) is 13.3 Å². The van der Waals surface area contributed by atoms with E-state index >= 15 is 0 Å². The van der Waals surface area contributed by atoms with E-state index in [2.05, 4.69) is 37.1 Å². The molecule has 0 saturated carbocycles. The Kier molecular flexibility index (Phi) is 5.42. The Labute approximate surface area is 106 Å². The summed E-state index contributed by atoms with van der Waals surface area (Å²) in [6, 6.07) is 3.75. The van der Waals surface area contributed by atoms with Gasteiger partial charge in [-0.05, 0) is 46.6 Å². The lowest BCUT2D eigenvalue weighted by molar-refractivity contribution is 0.0952. The minimum absolute atomic E-state index is 0.369. The second kappa shape index (κ2) is 6.37. The van der Waals surface area contributed by atoms with Crippen LogP contribution < -0.4 is 5.32 Å². The quantitative estimate of drug-likeness (QED) is 0.798. The summed E-state index contributed by atoms with van der Waals surface area (Å²) in [6.45, 7) is 10.6. The Morgan fingerprint density at radius 1 is 1.35 bits per heavy atom. The standard InChI is InChI=1S/C14H27N3/c1-5-16-14(4,11-15)9-10-17-12(2)7-6-8-13(17)3/h12-13,16H,5-10H2,1-4H3. The molecule has 17 heavy (non-hydrogen) atoms. The molecule has 1 rings (SSSR count). The molecule has 0 aromatic carbocycles. The second-order valence-electron chi connectivity index (χ2n) is 5.59. The first-order valence-electron chi connectivity index (χ1n) is 6.94. The summed E-state index contributed by atoms with van der Waals surface area (Å²) in [7, 11) is 0. The second-order valence-corrected chi connectivity index (χ2v) is 5.59. The van der Waals surface area contributed by atoms with Crippen molar-refractivity contribution in [2.75, 3.05) is 13.1 Å². The van der Waals surface area contributed by atoms with Crippen molar-refractivity contribution < 1.29 is 0 Å². The number of nitrogens with zero attached hydrogens (tertiary/aromatic N) is 2. The molecule has 1 fully saturated rings. The van der Waals surface area contributed by atoms with Crippen LogP contribution in [0.1, 0.15) is 53.4 Å². The maximum absolute atomic E-state index is 9.25. The van der Waals surface area contributed by atoms with Gasteiger partial charge >= 0.3 is 0 Å². The molecule has 0 aromatic rings. The molecule has 3 heteroatoms. The molecule has 0 aromatic heterocycles. The van der Waals surface area contributed by atoms with Crippen molar-refractivity contribution in [2.24, 2.45) is 0 Å². The number of piperidine rings is 1. The molecule has 1 saturated heterocycles. The van der Waals surface area contributed by atoms with Crippen LogP contribution >= 0.6 is 0 Å². The summed E-state index contributed by atoms with van der Waals surface area (Å²) >= 11 is 0. The first-order chi connectivity index (χ1) is 8.02. The van der Waals surface area contributed by atoms with Gasteiger partial charge in [0.15, 0.2) is 0 Å². The van der Waals surface area contributed by atoms with Crippen LogP contribution in [0.5, 0.6) is 0 Å². The van der Waals surface area contributed by atoms with Gasteiger partial charge in [-0.2, -0.15) is 5.26 Å². The van der Waals surface area contributed by atoms with Crippen LogP contribution in [0.3, 0.4) is 0 Å². The van der Waals surface area contributed by atoms with Crippen LogP contribution in [0.25, 0.3) is 0 Å². The molecule has 0 radical (unpaired) electrons. The van der Waals surface area contributed by atoms with Crippen LogP contribution in [0.15, 0.2) is 0 Å². The van der Waals surface area contributed by atoms with Crippen molar-refractivity contribution in [3.05, 3.63) is 0 Å². The van der Waals surface area contributed by atoms with Gasteiger partial charge in [0.25, 0.3) is 0 Å². The molecule has 3 unspecified atom stereocenters. The lowest BCUT2D eigenvalue weighted by Crippen LogP contribution is -2.49. The van der Waals surface area contributed by atoms with Crippen LogP contribution in [0, 0.1) is 11.3 Å². The highest BCUT2D eigenvalue weighted by Gasteiger charge is 2.28. The maximum atomic E-state index is 9.25. The molecule has 0 spiro atoms. The average Bonchev–Trinajstić information content (AvgIpc) is 2.29. The number of rotatable bonds is 5. The fourth-order valence-electron chi connectivity index (χ4n) is 2.84. The summed E-state index contributed by atoms with van der Waals surface area (Å²) in [5.41, 5.74) is -0.369. The number of nitrogens with one attached hydrogen (secondary N) is 1. The predicted octanol–water partition coefficient (Wildman–Crippen LogP) is 2.53. The monoisotopic (exact) mass is 237 g/mol. The van der Waals surface area contributed by atoms with E-state index in [1.54, 1.807) is 0 Å². The highest BCUT2D eigenvalue weighted by Crippen LogP contribution is 2.23. The number of likely N-dealkylation sites (tertiary alicyclic amines) is 1. The highest BCUT2D eigenvalue weighted by atomic mass is 15.2. The zero-order chi connectivity index (χ0) is 12.9. The molecule has 0 amide bonds. The van der Waals surface area contributed by atoms with Gasteiger partial charge in [0.2, 0.25) is 0 Å². The van der Waals surface area contributed by atoms with Crippen molar-refractivity contribution in [3.8, 4) is 6.07 Å². The zero-order valence-corrected chi connectivity index (χ0v) is 11.8. The summed E-state index contributed by atoms with van der Waals surface area (Å²) < 4.78 is 0. The van der Waals surface area contributed by atoms with Crippen molar-refractivity contribution in [1.29, 1.82) is 5.26 Å². The third-order valence-electron chi connectivity index (χ3n) is 4.06. The summed E-state index contributed by atoms with van der Waals surface area (Å²) in [5.74, 6) is 0. The number of nitriles is 1. The average molecular weight is 237 g/mol. The largest absolute Gasteiger partial charge is 0.300 e. The molecule has 1 aliphatic heterocycles. The molecule has 98 valence electrons. The third-order valence-corrected chi connectivity index (χ3v) is 4.06. The van der Waals surface area contributed by atoms with Gasteiger partial charge in [-0.25, -0.2) is 0 Å². The van der Waals surface area contributed by atoms with Gasteiger partial charge in [0.05, 0.1) is 6.07 Å². The smallest absolute Gasteiger partial charge is 0.105 e. The molecular weight excluding hydrogens is 210 g/mol. The molecule has 1 N–H and O–H groups in total. The molecule has 0 aliphatic carbocycles. The van der Waals surface area contributed by atoms with Gasteiger partial charge in [-0.15, -0.1) is 0 Å². The molecule has 1 heterocycles. The first kappa shape index (κ1) is 14.5. The zero-order valence-electron chi connectivity index (χ0n) is 11.8. The summed E-state index contributed by atoms with van der Waals surface area (Å²) in [4.78, 5) is 2.57. The fraction of sp³-hybridized carbons (Fsp3) is 0.929. The normalized spacial score (nSPS) is 29.6.